The van der Waals surface area contributed by atoms with Crippen LogP contribution < -0.4 is 0 Å². The summed E-state index contributed by atoms with van der Waals surface area (Å²) in [6.45, 7) is 1.93. The number of hydrogen-bond acceptors (Lipinski definition) is 5. The molecule has 2 heterocycles. The van der Waals surface area contributed by atoms with Crippen molar-refractivity contribution in [2.24, 2.45) is 0 Å². The lowest BCUT2D eigenvalue weighted by Gasteiger charge is -2.38. The Bertz CT molecular complexity index is 995. The van der Waals surface area contributed by atoms with Gasteiger partial charge in [-0.1, -0.05) is 42.1 Å². The maximum atomic E-state index is 13.6. The van der Waals surface area contributed by atoms with Gasteiger partial charge in [-0.05, 0) is 30.7 Å². The van der Waals surface area contributed by atoms with Gasteiger partial charge in [0.2, 0.25) is 0 Å². The van der Waals surface area contributed by atoms with E-state index in [4.69, 9.17) is 4.74 Å². The van der Waals surface area contributed by atoms with E-state index < -0.39 is 35.7 Å². The zero-order chi connectivity index (χ0) is 21.3. The van der Waals surface area contributed by atoms with Crippen molar-refractivity contribution in [3.8, 4) is 11.3 Å². The average Bonchev–Trinajstić information content (AvgIpc) is 3.23. The Balaban J connectivity index is 1.58. The molecule has 0 radical (unpaired) electrons. The first-order valence-corrected chi connectivity index (χ1v) is 10.5. The summed E-state index contributed by atoms with van der Waals surface area (Å²) >= 11 is 1.56. The van der Waals surface area contributed by atoms with E-state index in [0.29, 0.717) is 12.8 Å². The van der Waals surface area contributed by atoms with E-state index in [1.165, 1.54) is 10.9 Å². The van der Waals surface area contributed by atoms with Crippen molar-refractivity contribution in [2.75, 3.05) is 0 Å². The summed E-state index contributed by atoms with van der Waals surface area (Å²) in [6.07, 6.45) is 1.37. The fourth-order valence-electron chi connectivity index (χ4n) is 3.52. The summed E-state index contributed by atoms with van der Waals surface area (Å²) in [5.74, 6) is -4.12. The second-order valence-corrected chi connectivity index (χ2v) is 8.31. The molecule has 5 nitrogen and oxygen atoms in total. The number of hydrogen-bond donors (Lipinski definition) is 1. The van der Waals surface area contributed by atoms with Crippen molar-refractivity contribution in [1.29, 1.82) is 0 Å². The van der Waals surface area contributed by atoms with Gasteiger partial charge < -0.3 is 9.84 Å². The molecule has 1 saturated heterocycles. The van der Waals surface area contributed by atoms with Gasteiger partial charge in [0.15, 0.2) is 17.5 Å². The molecule has 30 heavy (non-hydrogen) atoms. The molecule has 1 aliphatic heterocycles. The Morgan fingerprint density at radius 1 is 1.17 bits per heavy atom. The Hall–Kier alpha value is -2.36. The Kier molecular flexibility index (Phi) is 6.12. The van der Waals surface area contributed by atoms with E-state index in [9.17, 15) is 18.3 Å². The lowest BCUT2D eigenvalue weighted by Crippen LogP contribution is -2.45. The molecule has 1 fully saturated rings. The lowest BCUT2D eigenvalue weighted by molar-refractivity contribution is -0.115. The third-order valence-corrected chi connectivity index (χ3v) is 6.19. The summed E-state index contributed by atoms with van der Waals surface area (Å²) in [4.78, 5) is 1.05. The van der Waals surface area contributed by atoms with E-state index in [0.717, 1.165) is 17.0 Å². The lowest BCUT2D eigenvalue weighted by atomic mass is 9.98. The minimum absolute atomic E-state index is 0.0708. The molecule has 158 valence electrons. The summed E-state index contributed by atoms with van der Waals surface area (Å²) < 4.78 is 47.9. The standard InChI is InChI=1S/C21H20F3N3O2S/c1-2-18-21(28)17(10-19(29-18)30-13-6-4-3-5-7-13)27-11-16(25-26-27)12-8-14(22)20(24)15(23)9-12/h3-9,11,17-19,21,28H,2,10H2,1H3/t17-,18-,19-,21+/m1/s1. The molecule has 0 aliphatic carbocycles. The van der Waals surface area contributed by atoms with Crippen LogP contribution in [0.4, 0.5) is 13.2 Å². The van der Waals surface area contributed by atoms with Crippen LogP contribution in [0, 0.1) is 17.5 Å². The number of rotatable bonds is 5. The number of aliphatic hydroxyl groups is 1. The van der Waals surface area contributed by atoms with Gasteiger partial charge in [0.1, 0.15) is 17.2 Å². The van der Waals surface area contributed by atoms with Gasteiger partial charge in [-0.2, -0.15) is 0 Å². The van der Waals surface area contributed by atoms with Crippen LogP contribution in [0.25, 0.3) is 11.3 Å². The third-order valence-electron chi connectivity index (χ3n) is 5.08. The second kappa shape index (κ2) is 8.79. The predicted octanol–water partition coefficient (Wildman–Crippen LogP) is 4.58. The second-order valence-electron chi connectivity index (χ2n) is 7.07. The number of aliphatic hydroxyl groups excluding tert-OH is 1. The third kappa shape index (κ3) is 4.23. The van der Waals surface area contributed by atoms with E-state index in [2.05, 4.69) is 10.3 Å². The Morgan fingerprint density at radius 2 is 1.87 bits per heavy atom. The highest BCUT2D eigenvalue weighted by atomic mass is 32.2. The number of nitrogens with zero attached hydrogens (tertiary/aromatic N) is 3. The van der Waals surface area contributed by atoms with Crippen LogP contribution in [0.15, 0.2) is 53.6 Å². The summed E-state index contributed by atoms with van der Waals surface area (Å²) in [5, 5.41) is 18.8. The van der Waals surface area contributed by atoms with E-state index in [1.54, 1.807) is 11.8 Å². The molecule has 4 rings (SSSR count). The molecule has 3 aromatic rings. The maximum absolute atomic E-state index is 13.6. The molecule has 0 saturated carbocycles. The smallest absolute Gasteiger partial charge is 0.194 e. The molecule has 0 bridgehead atoms. The van der Waals surface area contributed by atoms with E-state index in [1.807, 2.05) is 37.3 Å². The molecule has 0 amide bonds. The SMILES string of the molecule is CC[C@H]1O[C@H](Sc2ccccc2)C[C@@H](n2cc(-c3cc(F)c(F)c(F)c3)nn2)[C@@H]1O. The van der Waals surface area contributed by atoms with Crippen LogP contribution in [0.1, 0.15) is 25.8 Å². The highest BCUT2D eigenvalue weighted by Crippen LogP contribution is 2.38. The molecule has 9 heteroatoms. The van der Waals surface area contributed by atoms with Crippen molar-refractivity contribution < 1.29 is 23.0 Å². The Morgan fingerprint density at radius 3 is 2.53 bits per heavy atom. The fourth-order valence-corrected chi connectivity index (χ4v) is 4.63. The molecule has 1 N–H and O–H groups in total. The largest absolute Gasteiger partial charge is 0.388 e. The highest BCUT2D eigenvalue weighted by Gasteiger charge is 2.39. The first-order chi connectivity index (χ1) is 14.5. The monoisotopic (exact) mass is 435 g/mol. The van der Waals surface area contributed by atoms with Gasteiger partial charge in [-0.25, -0.2) is 17.9 Å². The van der Waals surface area contributed by atoms with Gasteiger partial charge >= 0.3 is 0 Å². The predicted molar refractivity (Wildman–Crippen MR) is 106 cm³/mol. The van der Waals surface area contributed by atoms with Gasteiger partial charge in [0.25, 0.3) is 0 Å². The summed E-state index contributed by atoms with van der Waals surface area (Å²) in [6, 6.07) is 11.1. The number of aromatic nitrogens is 3. The minimum Gasteiger partial charge on any atom is -0.388 e. The van der Waals surface area contributed by atoms with E-state index in [-0.39, 0.29) is 16.7 Å². The molecular weight excluding hydrogens is 415 g/mol. The normalized spacial score (nSPS) is 24.2. The number of thioether (sulfide) groups is 1. The van der Waals surface area contributed by atoms with Crippen molar-refractivity contribution in [3.05, 3.63) is 66.1 Å². The maximum Gasteiger partial charge on any atom is 0.194 e. The van der Waals surface area contributed by atoms with Crippen LogP contribution in [0.5, 0.6) is 0 Å². The molecule has 2 aromatic carbocycles. The quantitative estimate of drug-likeness (QED) is 0.595. The minimum atomic E-state index is -1.53. The zero-order valence-corrected chi connectivity index (χ0v) is 16.9. The number of halogens is 3. The number of benzene rings is 2. The average molecular weight is 435 g/mol. The van der Waals surface area contributed by atoms with Gasteiger partial charge in [0.05, 0.1) is 18.3 Å². The molecular formula is C21H20F3N3O2S. The Labute approximate surface area is 175 Å². The van der Waals surface area contributed by atoms with Crippen molar-refractivity contribution in [3.63, 3.8) is 0 Å². The molecule has 4 atom stereocenters. The van der Waals surface area contributed by atoms with Crippen LogP contribution in [-0.2, 0) is 4.74 Å². The highest BCUT2D eigenvalue weighted by molar-refractivity contribution is 7.99. The number of ether oxygens (including phenoxy) is 1. The van der Waals surface area contributed by atoms with Gasteiger partial charge in [-0.15, -0.1) is 5.10 Å². The molecule has 1 aromatic heterocycles. The molecule has 0 spiro atoms. The summed E-state index contributed by atoms with van der Waals surface area (Å²) in [7, 11) is 0. The van der Waals surface area contributed by atoms with Crippen molar-refractivity contribution >= 4 is 11.8 Å². The summed E-state index contributed by atoms with van der Waals surface area (Å²) in [5.41, 5.74) is 0.0485. The fraction of sp³-hybridized carbons (Fsp3) is 0.333. The van der Waals surface area contributed by atoms with Crippen LogP contribution in [0.3, 0.4) is 0 Å². The van der Waals surface area contributed by atoms with Crippen LogP contribution >= 0.6 is 11.8 Å². The van der Waals surface area contributed by atoms with E-state index >= 15 is 0 Å². The van der Waals surface area contributed by atoms with Crippen molar-refractivity contribution in [2.45, 2.75) is 48.3 Å². The first kappa shape index (κ1) is 20.9. The zero-order valence-electron chi connectivity index (χ0n) is 16.1. The van der Waals surface area contributed by atoms with Crippen LogP contribution in [-0.4, -0.2) is 37.7 Å². The van der Waals surface area contributed by atoms with Crippen molar-refractivity contribution in [1.82, 2.24) is 15.0 Å². The van der Waals surface area contributed by atoms with Gasteiger partial charge in [0, 0.05) is 16.9 Å². The molecule has 0 unspecified atom stereocenters. The first-order valence-electron chi connectivity index (χ1n) is 9.58. The molecule has 1 aliphatic rings. The topological polar surface area (TPSA) is 60.2 Å². The van der Waals surface area contributed by atoms with Crippen LogP contribution in [0.2, 0.25) is 0 Å². The van der Waals surface area contributed by atoms with Gasteiger partial charge in [-0.3, -0.25) is 0 Å².